The third kappa shape index (κ3) is 13.4. The SMILES string of the molecule is CCCCCO[Si](CCCCN)(OCCCCC)OCCCCC. The van der Waals surface area contributed by atoms with E-state index >= 15 is 0 Å². The average molecular weight is 362 g/mol. The minimum absolute atomic E-state index is 0.728. The molecular formula is C19H43NO3Si. The van der Waals surface area contributed by atoms with Crippen molar-refractivity contribution in [2.45, 2.75) is 97.4 Å². The van der Waals surface area contributed by atoms with Crippen molar-refractivity contribution in [1.82, 2.24) is 0 Å². The van der Waals surface area contributed by atoms with Gasteiger partial charge in [-0.1, -0.05) is 59.3 Å². The van der Waals surface area contributed by atoms with Crippen LogP contribution in [0.1, 0.15) is 91.4 Å². The van der Waals surface area contributed by atoms with E-state index in [0.29, 0.717) is 0 Å². The molecule has 0 aliphatic rings. The molecule has 146 valence electrons. The summed E-state index contributed by atoms with van der Waals surface area (Å²) in [5, 5.41) is 0. The summed E-state index contributed by atoms with van der Waals surface area (Å²) in [5.41, 5.74) is 5.67. The van der Waals surface area contributed by atoms with Gasteiger partial charge >= 0.3 is 8.80 Å². The average Bonchev–Trinajstić information content (AvgIpc) is 2.60. The van der Waals surface area contributed by atoms with E-state index < -0.39 is 8.80 Å². The number of nitrogens with two attached hydrogens (primary N) is 1. The van der Waals surface area contributed by atoms with Gasteiger partial charge in [-0.2, -0.15) is 0 Å². The molecule has 0 saturated heterocycles. The van der Waals surface area contributed by atoms with Crippen LogP contribution in [0.4, 0.5) is 0 Å². The molecule has 0 radical (unpaired) electrons. The van der Waals surface area contributed by atoms with Gasteiger partial charge in [0.25, 0.3) is 0 Å². The summed E-state index contributed by atoms with van der Waals surface area (Å²) in [4.78, 5) is 0. The molecule has 0 aliphatic heterocycles. The fourth-order valence-corrected chi connectivity index (χ4v) is 5.30. The van der Waals surface area contributed by atoms with E-state index in [1.165, 1.54) is 38.5 Å². The first-order valence-electron chi connectivity index (χ1n) is 10.4. The first kappa shape index (κ1) is 24.1. The number of hydrogen-bond donors (Lipinski definition) is 1. The molecule has 0 unspecified atom stereocenters. The van der Waals surface area contributed by atoms with E-state index in [1.54, 1.807) is 0 Å². The number of unbranched alkanes of at least 4 members (excludes halogenated alkanes) is 7. The normalized spacial score (nSPS) is 12.0. The summed E-state index contributed by atoms with van der Waals surface area (Å²) < 4.78 is 18.9. The predicted molar refractivity (Wildman–Crippen MR) is 105 cm³/mol. The Hall–Kier alpha value is 0.0569. The molecule has 0 spiro atoms. The first-order valence-corrected chi connectivity index (χ1v) is 12.3. The highest BCUT2D eigenvalue weighted by Gasteiger charge is 2.40. The Bertz CT molecular complexity index is 223. The van der Waals surface area contributed by atoms with Crippen LogP contribution in [0.25, 0.3) is 0 Å². The molecule has 0 rings (SSSR count). The predicted octanol–water partition coefficient (Wildman–Crippen LogP) is 5.28. The molecule has 0 aliphatic carbocycles. The standard InChI is InChI=1S/C19H43NO3Si/c1-4-7-11-16-21-24(19-14-10-15-20,22-17-12-8-5-2)23-18-13-9-6-3/h4-20H2,1-3H3. The van der Waals surface area contributed by atoms with Crippen molar-refractivity contribution in [3.8, 4) is 0 Å². The highest BCUT2D eigenvalue weighted by Crippen LogP contribution is 2.21. The molecule has 0 bridgehead atoms. The molecule has 0 saturated carbocycles. The Morgan fingerprint density at radius 1 is 0.583 bits per heavy atom. The molecule has 0 atom stereocenters. The first-order chi connectivity index (χ1) is 11.7. The topological polar surface area (TPSA) is 53.7 Å². The van der Waals surface area contributed by atoms with Gasteiger partial charge in [0, 0.05) is 25.9 Å². The molecule has 24 heavy (non-hydrogen) atoms. The van der Waals surface area contributed by atoms with Gasteiger partial charge in [-0.3, -0.25) is 0 Å². The largest absolute Gasteiger partial charge is 0.500 e. The zero-order chi connectivity index (χ0) is 17.9. The maximum atomic E-state index is 6.29. The lowest BCUT2D eigenvalue weighted by Crippen LogP contribution is -2.46. The van der Waals surface area contributed by atoms with Crippen LogP contribution in [-0.2, 0) is 13.3 Å². The van der Waals surface area contributed by atoms with Gasteiger partial charge in [-0.25, -0.2) is 0 Å². The Labute approximate surface area is 152 Å². The third-order valence-corrected chi connectivity index (χ3v) is 7.04. The summed E-state index contributed by atoms with van der Waals surface area (Å²) >= 11 is 0. The van der Waals surface area contributed by atoms with Crippen molar-refractivity contribution in [2.75, 3.05) is 26.4 Å². The van der Waals surface area contributed by atoms with Crippen LogP contribution in [0, 0.1) is 0 Å². The van der Waals surface area contributed by atoms with Crippen molar-refractivity contribution in [3.05, 3.63) is 0 Å². The minimum atomic E-state index is -2.54. The zero-order valence-electron chi connectivity index (χ0n) is 16.6. The fourth-order valence-electron chi connectivity index (χ4n) is 2.57. The van der Waals surface area contributed by atoms with Gasteiger partial charge < -0.3 is 19.0 Å². The van der Waals surface area contributed by atoms with Crippen molar-refractivity contribution >= 4 is 8.80 Å². The van der Waals surface area contributed by atoms with E-state index in [4.69, 9.17) is 19.0 Å². The maximum absolute atomic E-state index is 6.29. The smallest absolute Gasteiger partial charge is 0.373 e. The number of hydrogen-bond acceptors (Lipinski definition) is 4. The van der Waals surface area contributed by atoms with Crippen LogP contribution in [0.2, 0.25) is 6.04 Å². The third-order valence-electron chi connectivity index (χ3n) is 4.15. The van der Waals surface area contributed by atoms with E-state index in [0.717, 1.165) is 64.5 Å². The maximum Gasteiger partial charge on any atom is 0.500 e. The summed E-state index contributed by atoms with van der Waals surface area (Å²) in [5.74, 6) is 0. The molecule has 5 heteroatoms. The minimum Gasteiger partial charge on any atom is -0.373 e. The molecule has 2 N–H and O–H groups in total. The fraction of sp³-hybridized carbons (Fsp3) is 1.00. The second kappa shape index (κ2) is 17.9. The Morgan fingerprint density at radius 3 is 1.33 bits per heavy atom. The molecular weight excluding hydrogens is 318 g/mol. The van der Waals surface area contributed by atoms with Crippen LogP contribution in [-0.4, -0.2) is 35.2 Å². The van der Waals surface area contributed by atoms with Crippen LogP contribution < -0.4 is 5.73 Å². The highest BCUT2D eigenvalue weighted by atomic mass is 28.4. The zero-order valence-corrected chi connectivity index (χ0v) is 17.6. The molecule has 0 fully saturated rings. The monoisotopic (exact) mass is 361 g/mol. The molecule has 4 nitrogen and oxygen atoms in total. The lowest BCUT2D eigenvalue weighted by atomic mass is 10.3. The summed E-state index contributed by atoms with van der Waals surface area (Å²) in [6.07, 6.45) is 12.6. The Kier molecular flexibility index (Phi) is 17.9. The Balaban J connectivity index is 4.58. The number of rotatable bonds is 19. The second-order valence-electron chi connectivity index (χ2n) is 6.60. The quantitative estimate of drug-likeness (QED) is 0.251. The van der Waals surface area contributed by atoms with Crippen molar-refractivity contribution in [1.29, 1.82) is 0 Å². The van der Waals surface area contributed by atoms with Crippen molar-refractivity contribution in [3.63, 3.8) is 0 Å². The van der Waals surface area contributed by atoms with Crippen molar-refractivity contribution in [2.24, 2.45) is 5.73 Å². The summed E-state index contributed by atoms with van der Waals surface area (Å²) in [7, 11) is -2.54. The molecule has 0 heterocycles. The second-order valence-corrected chi connectivity index (χ2v) is 9.33. The van der Waals surface area contributed by atoms with E-state index in [2.05, 4.69) is 20.8 Å². The van der Waals surface area contributed by atoms with Crippen LogP contribution in [0.15, 0.2) is 0 Å². The lowest BCUT2D eigenvalue weighted by Gasteiger charge is -2.30. The molecule has 0 aromatic heterocycles. The highest BCUT2D eigenvalue weighted by molar-refractivity contribution is 6.60. The van der Waals surface area contributed by atoms with E-state index in [9.17, 15) is 0 Å². The van der Waals surface area contributed by atoms with Gasteiger partial charge in [-0.05, 0) is 38.6 Å². The van der Waals surface area contributed by atoms with Crippen LogP contribution >= 0.6 is 0 Å². The van der Waals surface area contributed by atoms with Crippen LogP contribution in [0.3, 0.4) is 0 Å². The van der Waals surface area contributed by atoms with E-state index in [-0.39, 0.29) is 0 Å². The molecule has 0 aromatic rings. The lowest BCUT2D eigenvalue weighted by molar-refractivity contribution is 0.0549. The van der Waals surface area contributed by atoms with Gasteiger partial charge in [-0.15, -0.1) is 0 Å². The van der Waals surface area contributed by atoms with E-state index in [1.807, 2.05) is 0 Å². The van der Waals surface area contributed by atoms with Gasteiger partial charge in [0.1, 0.15) is 0 Å². The molecule has 0 aromatic carbocycles. The van der Waals surface area contributed by atoms with Crippen molar-refractivity contribution < 1.29 is 13.3 Å². The Morgan fingerprint density at radius 2 is 1.00 bits per heavy atom. The van der Waals surface area contributed by atoms with Gasteiger partial charge in [0.05, 0.1) is 0 Å². The molecule has 0 amide bonds. The van der Waals surface area contributed by atoms with Gasteiger partial charge in [0.15, 0.2) is 0 Å². The summed E-state index contributed by atoms with van der Waals surface area (Å²) in [6, 6.07) is 0.911. The van der Waals surface area contributed by atoms with Crippen LogP contribution in [0.5, 0.6) is 0 Å². The summed E-state index contributed by atoms with van der Waals surface area (Å²) in [6.45, 7) is 9.68. The van der Waals surface area contributed by atoms with Gasteiger partial charge in [0.2, 0.25) is 0 Å².